The van der Waals surface area contributed by atoms with Crippen molar-refractivity contribution in [2.45, 2.75) is 18.9 Å². The van der Waals surface area contributed by atoms with Gasteiger partial charge in [-0.2, -0.15) is 5.10 Å². The molecule has 0 radical (unpaired) electrons. The number of aromatic nitrogens is 6. The number of pyridine rings is 2. The normalized spacial score (nSPS) is 14.3. The third-order valence-corrected chi connectivity index (χ3v) is 7.32. The van der Waals surface area contributed by atoms with E-state index in [9.17, 15) is 18.0 Å². The maximum Gasteiger partial charge on any atom is 0.251 e. The van der Waals surface area contributed by atoms with Crippen LogP contribution in [0.1, 0.15) is 33.9 Å². The van der Waals surface area contributed by atoms with Crippen molar-refractivity contribution < 1.29 is 18.0 Å². The molecule has 0 fully saturated rings. The number of imidazole rings is 1. The summed E-state index contributed by atoms with van der Waals surface area (Å²) < 4.78 is 44.3. The van der Waals surface area contributed by atoms with E-state index in [0.29, 0.717) is 59.2 Å². The number of hydrogen-bond donors (Lipinski definition) is 2. The lowest BCUT2D eigenvalue weighted by molar-refractivity contribution is 0.0935. The molecule has 12 heteroatoms. The molecular weight excluding hydrogens is 545 g/mol. The summed E-state index contributed by atoms with van der Waals surface area (Å²) >= 11 is 0. The number of carbonyl (C=O) groups is 1. The molecular formula is C30H21F3N8O. The second-order valence-electron chi connectivity index (χ2n) is 9.87. The van der Waals surface area contributed by atoms with Gasteiger partial charge in [0.05, 0.1) is 11.6 Å². The molecule has 1 aliphatic carbocycles. The smallest absolute Gasteiger partial charge is 0.251 e. The molecule has 1 aliphatic rings. The molecule has 0 saturated heterocycles. The Morgan fingerprint density at radius 3 is 2.57 bits per heavy atom. The van der Waals surface area contributed by atoms with Crippen LogP contribution in [0.4, 0.5) is 19.0 Å². The van der Waals surface area contributed by atoms with Gasteiger partial charge < -0.3 is 11.1 Å². The number of nitrogens with zero attached hydrogens (tertiary/aromatic N) is 6. The first kappa shape index (κ1) is 25.4. The lowest BCUT2D eigenvalue weighted by Crippen LogP contribution is -2.27. The summed E-state index contributed by atoms with van der Waals surface area (Å²) in [6, 6.07) is 15.9. The molecule has 0 aliphatic heterocycles. The van der Waals surface area contributed by atoms with E-state index in [0.717, 1.165) is 16.8 Å². The molecule has 6 aromatic rings. The van der Waals surface area contributed by atoms with E-state index >= 15 is 0 Å². The summed E-state index contributed by atoms with van der Waals surface area (Å²) in [4.78, 5) is 26.7. The van der Waals surface area contributed by atoms with Gasteiger partial charge in [0.2, 0.25) is 0 Å². The zero-order valence-corrected chi connectivity index (χ0v) is 21.8. The second kappa shape index (κ2) is 9.84. The maximum atomic E-state index is 13.7. The van der Waals surface area contributed by atoms with Crippen LogP contribution in [0.5, 0.6) is 0 Å². The summed E-state index contributed by atoms with van der Waals surface area (Å²) in [7, 11) is 0. The second-order valence-corrected chi connectivity index (χ2v) is 9.87. The van der Waals surface area contributed by atoms with Gasteiger partial charge in [-0.1, -0.05) is 6.07 Å². The number of carbonyl (C=O) groups excluding carboxylic acids is 1. The van der Waals surface area contributed by atoms with Crippen LogP contribution in [0, 0.1) is 17.5 Å². The third-order valence-electron chi connectivity index (χ3n) is 7.32. The van der Waals surface area contributed by atoms with Crippen LogP contribution < -0.4 is 11.1 Å². The maximum absolute atomic E-state index is 13.7. The number of hydrogen-bond acceptors (Lipinski definition) is 6. The van der Waals surface area contributed by atoms with Crippen LogP contribution in [-0.2, 0) is 6.42 Å². The number of nitrogen functional groups attached to an aromatic ring is 1. The van der Waals surface area contributed by atoms with Crippen molar-refractivity contribution in [2.75, 3.05) is 5.73 Å². The molecule has 9 nitrogen and oxygen atoms in total. The number of aryl methyl sites for hydroxylation is 1. The van der Waals surface area contributed by atoms with Crippen LogP contribution in [0.25, 0.3) is 34.1 Å². The molecule has 42 heavy (non-hydrogen) atoms. The zero-order chi connectivity index (χ0) is 29.0. The molecule has 1 atom stereocenters. The van der Waals surface area contributed by atoms with Crippen molar-refractivity contribution in [1.29, 1.82) is 0 Å². The Morgan fingerprint density at radius 2 is 1.81 bits per heavy atom. The Balaban J connectivity index is 1.29. The van der Waals surface area contributed by atoms with E-state index in [4.69, 9.17) is 15.7 Å². The highest BCUT2D eigenvalue weighted by molar-refractivity contribution is 5.94. The average Bonchev–Trinajstić information content (AvgIpc) is 3.74. The van der Waals surface area contributed by atoms with Crippen molar-refractivity contribution in [3.63, 3.8) is 0 Å². The standard InChI is InChI=1S/C30H21F3N8O/c31-21-14-17(15-22(32)26(21)33)30(42)38-23-7-4-16-13-18(5-6-19(16)23)41-28(20-3-1-10-35-27(20)34)37-24-8-9-25(39-29(24)41)40-12-2-11-36-40/h1-3,5-6,8-15,23H,4,7H2,(H2,34,35)(H,38,42)/t23-/m0/s1. The van der Waals surface area contributed by atoms with Crippen LogP contribution in [0.2, 0.25) is 0 Å². The number of nitrogens with two attached hydrogens (primary N) is 1. The molecule has 3 N–H and O–H groups in total. The molecule has 0 unspecified atom stereocenters. The number of benzene rings is 2. The molecule has 0 bridgehead atoms. The molecule has 2 aromatic carbocycles. The third kappa shape index (κ3) is 4.24. The Kier molecular flexibility index (Phi) is 5.96. The van der Waals surface area contributed by atoms with Gasteiger partial charge in [0.25, 0.3) is 5.91 Å². The minimum atomic E-state index is -1.61. The molecule has 1 amide bonds. The highest BCUT2D eigenvalue weighted by Gasteiger charge is 2.27. The van der Waals surface area contributed by atoms with Crippen molar-refractivity contribution in [2.24, 2.45) is 0 Å². The predicted octanol–water partition coefficient (Wildman–Crippen LogP) is 5.09. The highest BCUT2D eigenvalue weighted by atomic mass is 19.2. The van der Waals surface area contributed by atoms with E-state index in [2.05, 4.69) is 15.4 Å². The van der Waals surface area contributed by atoms with Crippen LogP contribution in [-0.4, -0.2) is 35.2 Å². The van der Waals surface area contributed by atoms with Gasteiger partial charge in [-0.05, 0) is 78.6 Å². The van der Waals surface area contributed by atoms with Gasteiger partial charge in [-0.25, -0.2) is 32.8 Å². The first-order valence-corrected chi connectivity index (χ1v) is 13.1. The van der Waals surface area contributed by atoms with Crippen molar-refractivity contribution >= 4 is 22.9 Å². The first-order chi connectivity index (χ1) is 20.4. The minimum absolute atomic E-state index is 0.292. The van der Waals surface area contributed by atoms with E-state index < -0.39 is 29.4 Å². The molecule has 7 rings (SSSR count). The van der Waals surface area contributed by atoms with Gasteiger partial charge in [0.1, 0.15) is 11.3 Å². The summed E-state index contributed by atoms with van der Waals surface area (Å²) in [6.45, 7) is 0. The fraction of sp³-hybridized carbons (Fsp3) is 0.100. The Bertz CT molecular complexity index is 1980. The summed E-state index contributed by atoms with van der Waals surface area (Å²) in [5.41, 5.74) is 10.4. The van der Waals surface area contributed by atoms with E-state index in [1.807, 2.05) is 47.0 Å². The molecule has 0 saturated carbocycles. The molecule has 208 valence electrons. The Labute approximate surface area is 236 Å². The topological polar surface area (TPSA) is 117 Å². The number of fused-ring (bicyclic) bond motifs is 2. The zero-order valence-electron chi connectivity index (χ0n) is 21.8. The molecule has 0 spiro atoms. The highest BCUT2D eigenvalue weighted by Crippen LogP contribution is 2.36. The van der Waals surface area contributed by atoms with Crippen molar-refractivity contribution in [1.82, 2.24) is 34.6 Å². The lowest BCUT2D eigenvalue weighted by Gasteiger charge is -2.16. The van der Waals surface area contributed by atoms with Crippen molar-refractivity contribution in [3.8, 4) is 22.9 Å². The molecule has 4 heterocycles. The lowest BCUT2D eigenvalue weighted by atomic mass is 10.1. The summed E-state index contributed by atoms with van der Waals surface area (Å²) in [6.07, 6.45) is 6.30. The van der Waals surface area contributed by atoms with Gasteiger partial charge >= 0.3 is 0 Å². The van der Waals surface area contributed by atoms with Crippen LogP contribution in [0.3, 0.4) is 0 Å². The largest absolute Gasteiger partial charge is 0.383 e. The Morgan fingerprint density at radius 1 is 0.976 bits per heavy atom. The monoisotopic (exact) mass is 566 g/mol. The van der Waals surface area contributed by atoms with Gasteiger partial charge in [0.15, 0.2) is 34.7 Å². The fourth-order valence-corrected chi connectivity index (χ4v) is 5.33. The van der Waals surface area contributed by atoms with E-state index in [-0.39, 0.29) is 5.56 Å². The number of rotatable bonds is 5. The quantitative estimate of drug-likeness (QED) is 0.281. The van der Waals surface area contributed by atoms with Crippen molar-refractivity contribution in [3.05, 3.63) is 113 Å². The minimum Gasteiger partial charge on any atom is -0.383 e. The summed E-state index contributed by atoms with van der Waals surface area (Å²) in [5.74, 6) is -3.66. The van der Waals surface area contributed by atoms with Gasteiger partial charge in [-0.3, -0.25) is 9.36 Å². The Hall–Kier alpha value is -5.52. The molecule has 4 aromatic heterocycles. The first-order valence-electron chi connectivity index (χ1n) is 13.1. The fourth-order valence-electron chi connectivity index (χ4n) is 5.33. The van der Waals surface area contributed by atoms with E-state index in [1.54, 1.807) is 29.3 Å². The number of nitrogens with one attached hydrogen (secondary N) is 1. The van der Waals surface area contributed by atoms with E-state index in [1.165, 1.54) is 0 Å². The van der Waals surface area contributed by atoms with Gasteiger partial charge in [0, 0.05) is 29.8 Å². The SMILES string of the molecule is Nc1ncccc1-c1nc2ccc(-n3cccn3)nc2n1-c1ccc2c(c1)CC[C@@H]2NC(=O)c1cc(F)c(F)c(F)c1. The number of amides is 1. The predicted molar refractivity (Wildman–Crippen MR) is 148 cm³/mol. The average molecular weight is 567 g/mol. The number of anilines is 1. The summed E-state index contributed by atoms with van der Waals surface area (Å²) in [5, 5.41) is 7.11. The van der Waals surface area contributed by atoms with Crippen LogP contribution in [0.15, 0.2) is 79.3 Å². The van der Waals surface area contributed by atoms with Gasteiger partial charge in [-0.15, -0.1) is 0 Å². The number of halogens is 3. The van der Waals surface area contributed by atoms with Crippen LogP contribution >= 0.6 is 0 Å².